The first-order valence-corrected chi connectivity index (χ1v) is 9.47. The number of carbonyl (C=O) groups is 1. The number of hydrogen-bond acceptors (Lipinski definition) is 7. The number of nitrogens with zero attached hydrogens (tertiary/aromatic N) is 3. The van der Waals surface area contributed by atoms with E-state index in [0.717, 1.165) is 6.26 Å². The second-order valence-electron chi connectivity index (χ2n) is 5.73. The van der Waals surface area contributed by atoms with Crippen molar-refractivity contribution in [3.63, 3.8) is 0 Å². The van der Waals surface area contributed by atoms with E-state index in [2.05, 4.69) is 10.2 Å². The van der Waals surface area contributed by atoms with Gasteiger partial charge in [0.05, 0.1) is 11.4 Å². The SMILES string of the molecule is Cc1nnc(-c2ccn(CC(=O)c3ccc(S(C)(=O)=O)cc3)c(=O)c2)o1. The molecule has 3 rings (SSSR count). The highest BCUT2D eigenvalue weighted by Gasteiger charge is 2.12. The molecule has 0 spiro atoms. The minimum Gasteiger partial charge on any atom is -0.421 e. The number of ketones is 1. The molecule has 8 nitrogen and oxygen atoms in total. The molecule has 0 aliphatic rings. The van der Waals surface area contributed by atoms with Crippen molar-refractivity contribution in [2.24, 2.45) is 0 Å². The summed E-state index contributed by atoms with van der Waals surface area (Å²) in [6.07, 6.45) is 2.57. The minimum atomic E-state index is -3.33. The third kappa shape index (κ3) is 3.77. The lowest BCUT2D eigenvalue weighted by Crippen LogP contribution is -2.23. The first-order chi connectivity index (χ1) is 12.2. The van der Waals surface area contributed by atoms with Gasteiger partial charge in [0.15, 0.2) is 15.6 Å². The van der Waals surface area contributed by atoms with Crippen molar-refractivity contribution < 1.29 is 17.6 Å². The Hall–Kier alpha value is -3.07. The Bertz CT molecular complexity index is 1130. The Kier molecular flexibility index (Phi) is 4.56. The molecule has 134 valence electrons. The van der Waals surface area contributed by atoms with Crippen molar-refractivity contribution in [1.29, 1.82) is 0 Å². The number of carbonyl (C=O) groups excluding carboxylic acids is 1. The Labute approximate surface area is 149 Å². The fraction of sp³-hybridized carbons (Fsp3) is 0.176. The van der Waals surface area contributed by atoms with E-state index in [-0.39, 0.29) is 28.7 Å². The molecule has 0 unspecified atom stereocenters. The fourth-order valence-electron chi connectivity index (χ4n) is 2.32. The summed E-state index contributed by atoms with van der Waals surface area (Å²) >= 11 is 0. The molecule has 1 aromatic carbocycles. The van der Waals surface area contributed by atoms with Crippen LogP contribution in [0.15, 0.2) is 56.7 Å². The number of aromatic nitrogens is 3. The lowest BCUT2D eigenvalue weighted by molar-refractivity contribution is 0.0970. The van der Waals surface area contributed by atoms with Gasteiger partial charge >= 0.3 is 0 Å². The van der Waals surface area contributed by atoms with Gasteiger partial charge < -0.3 is 8.98 Å². The van der Waals surface area contributed by atoms with E-state index in [1.54, 1.807) is 13.0 Å². The third-order valence-corrected chi connectivity index (χ3v) is 4.82. The standard InChI is InChI=1S/C17H15N3O5S/c1-11-18-19-17(25-11)13-7-8-20(16(22)9-13)10-15(21)12-3-5-14(6-4-12)26(2,23)24/h3-9H,10H2,1-2H3. The summed E-state index contributed by atoms with van der Waals surface area (Å²) in [6.45, 7) is 1.48. The topological polar surface area (TPSA) is 112 Å². The fourth-order valence-corrected chi connectivity index (χ4v) is 2.95. The van der Waals surface area contributed by atoms with Crippen LogP contribution in [0.1, 0.15) is 16.2 Å². The van der Waals surface area contributed by atoms with E-state index in [0.29, 0.717) is 17.0 Å². The third-order valence-electron chi connectivity index (χ3n) is 3.69. The number of Topliss-reactive ketones (excluding diaryl/α,β-unsaturated/α-hetero) is 1. The zero-order valence-electron chi connectivity index (χ0n) is 14.0. The summed E-state index contributed by atoms with van der Waals surface area (Å²) in [6, 6.07) is 8.51. The van der Waals surface area contributed by atoms with Crippen LogP contribution in [0.3, 0.4) is 0 Å². The smallest absolute Gasteiger partial charge is 0.251 e. The zero-order chi connectivity index (χ0) is 18.9. The molecule has 0 radical (unpaired) electrons. The molecule has 0 fully saturated rings. The summed E-state index contributed by atoms with van der Waals surface area (Å²) < 4.78 is 29.4. The molecule has 0 amide bonds. The summed E-state index contributed by atoms with van der Waals surface area (Å²) in [7, 11) is -3.33. The lowest BCUT2D eigenvalue weighted by atomic mass is 10.1. The van der Waals surface area contributed by atoms with Gasteiger partial charge in [0.25, 0.3) is 5.56 Å². The average Bonchev–Trinajstić information content (AvgIpc) is 3.02. The highest BCUT2D eigenvalue weighted by Crippen LogP contribution is 2.15. The van der Waals surface area contributed by atoms with Crippen molar-refractivity contribution >= 4 is 15.6 Å². The maximum absolute atomic E-state index is 12.3. The van der Waals surface area contributed by atoms with Crippen LogP contribution in [0, 0.1) is 6.92 Å². The number of hydrogen-bond donors (Lipinski definition) is 0. The Balaban J connectivity index is 1.80. The Morgan fingerprint density at radius 3 is 2.38 bits per heavy atom. The minimum absolute atomic E-state index is 0.130. The Morgan fingerprint density at radius 1 is 1.15 bits per heavy atom. The summed E-state index contributed by atoms with van der Waals surface area (Å²) in [5.74, 6) is 0.305. The Morgan fingerprint density at radius 2 is 1.85 bits per heavy atom. The molecule has 0 aliphatic heterocycles. The van der Waals surface area contributed by atoms with E-state index < -0.39 is 9.84 Å². The summed E-state index contributed by atoms with van der Waals surface area (Å²) in [5.41, 5.74) is 0.400. The van der Waals surface area contributed by atoms with Crippen LogP contribution in [0.4, 0.5) is 0 Å². The summed E-state index contributed by atoms with van der Waals surface area (Å²) in [4.78, 5) is 24.7. The number of rotatable bonds is 5. The molecule has 3 aromatic rings. The van der Waals surface area contributed by atoms with E-state index in [4.69, 9.17) is 4.42 Å². The number of pyridine rings is 1. The van der Waals surface area contributed by atoms with Crippen LogP contribution >= 0.6 is 0 Å². The van der Waals surface area contributed by atoms with Crippen LogP contribution in [0.25, 0.3) is 11.5 Å². The highest BCUT2D eigenvalue weighted by atomic mass is 32.2. The van der Waals surface area contributed by atoms with Gasteiger partial charge in [-0.2, -0.15) is 0 Å². The van der Waals surface area contributed by atoms with E-state index in [1.165, 1.54) is 41.1 Å². The van der Waals surface area contributed by atoms with Gasteiger partial charge in [0.2, 0.25) is 11.8 Å². The monoisotopic (exact) mass is 373 g/mol. The van der Waals surface area contributed by atoms with Gasteiger partial charge in [-0.15, -0.1) is 10.2 Å². The van der Waals surface area contributed by atoms with Gasteiger partial charge in [0.1, 0.15) is 0 Å². The lowest BCUT2D eigenvalue weighted by Gasteiger charge is -2.06. The van der Waals surface area contributed by atoms with Crippen molar-refractivity contribution in [3.8, 4) is 11.5 Å². The predicted octanol–water partition coefficient (Wildman–Crippen LogP) is 1.49. The quantitative estimate of drug-likeness (QED) is 0.623. The molecule has 9 heteroatoms. The van der Waals surface area contributed by atoms with E-state index in [9.17, 15) is 18.0 Å². The highest BCUT2D eigenvalue weighted by molar-refractivity contribution is 7.90. The second-order valence-corrected chi connectivity index (χ2v) is 7.74. The molecule has 0 saturated heterocycles. The van der Waals surface area contributed by atoms with E-state index >= 15 is 0 Å². The molecule has 0 aliphatic carbocycles. The maximum atomic E-state index is 12.3. The van der Waals surface area contributed by atoms with Gasteiger partial charge in [0, 0.05) is 36.6 Å². The molecule has 2 aromatic heterocycles. The molecule has 0 saturated carbocycles. The zero-order valence-corrected chi connectivity index (χ0v) is 14.9. The van der Waals surface area contributed by atoms with Gasteiger partial charge in [-0.1, -0.05) is 12.1 Å². The first-order valence-electron chi connectivity index (χ1n) is 7.58. The molecule has 26 heavy (non-hydrogen) atoms. The molecular formula is C17H15N3O5S. The van der Waals surface area contributed by atoms with Crippen LogP contribution in [-0.2, 0) is 16.4 Å². The predicted molar refractivity (Wildman–Crippen MR) is 92.6 cm³/mol. The second kappa shape index (κ2) is 6.68. The van der Waals surface area contributed by atoms with Gasteiger partial charge in [-0.25, -0.2) is 8.42 Å². The molecule has 0 bridgehead atoms. The molecule has 0 N–H and O–H groups in total. The van der Waals surface area contributed by atoms with E-state index in [1.807, 2.05) is 0 Å². The van der Waals surface area contributed by atoms with Gasteiger partial charge in [-0.05, 0) is 18.2 Å². The number of benzene rings is 1. The first kappa shape index (κ1) is 17.7. The number of aryl methyl sites for hydroxylation is 1. The van der Waals surface area contributed by atoms with Crippen LogP contribution in [0.5, 0.6) is 0 Å². The average molecular weight is 373 g/mol. The van der Waals surface area contributed by atoms with Crippen LogP contribution < -0.4 is 5.56 Å². The number of sulfone groups is 1. The molecular weight excluding hydrogens is 358 g/mol. The van der Waals surface area contributed by atoms with Crippen molar-refractivity contribution in [2.45, 2.75) is 18.4 Å². The van der Waals surface area contributed by atoms with Crippen molar-refractivity contribution in [2.75, 3.05) is 6.26 Å². The maximum Gasteiger partial charge on any atom is 0.251 e. The normalized spacial score (nSPS) is 11.5. The van der Waals surface area contributed by atoms with Crippen molar-refractivity contribution in [3.05, 3.63) is 64.4 Å². The van der Waals surface area contributed by atoms with Crippen LogP contribution in [0.2, 0.25) is 0 Å². The van der Waals surface area contributed by atoms with Gasteiger partial charge in [-0.3, -0.25) is 9.59 Å². The molecule has 2 heterocycles. The molecule has 0 atom stereocenters. The largest absolute Gasteiger partial charge is 0.421 e. The van der Waals surface area contributed by atoms with Crippen LogP contribution in [-0.4, -0.2) is 35.2 Å². The summed E-state index contributed by atoms with van der Waals surface area (Å²) in [5, 5.41) is 7.55. The van der Waals surface area contributed by atoms with Crippen molar-refractivity contribution in [1.82, 2.24) is 14.8 Å².